The molecule has 1 amide bonds. The molecule has 0 fully saturated rings. The van der Waals surface area contributed by atoms with Crippen LogP contribution in [0, 0.1) is 0 Å². The van der Waals surface area contributed by atoms with E-state index in [9.17, 15) is 4.79 Å². The number of ether oxygens (including phenoxy) is 1. The number of para-hydroxylation sites is 1. The minimum absolute atomic E-state index is 0.0233. The molecule has 4 heteroatoms. The van der Waals surface area contributed by atoms with Crippen LogP contribution in [0.3, 0.4) is 0 Å². The fraction of sp³-hybridized carbons (Fsp3) is 0.400. The molecule has 4 nitrogen and oxygen atoms in total. The molecular weight excluding hydrogens is 240 g/mol. The van der Waals surface area contributed by atoms with Crippen LogP contribution >= 0.6 is 0 Å². The van der Waals surface area contributed by atoms with E-state index in [0.29, 0.717) is 19.8 Å². The molecule has 102 valence electrons. The molecule has 0 saturated carbocycles. The first-order valence-corrected chi connectivity index (χ1v) is 6.51. The average molecular weight is 260 g/mol. The Morgan fingerprint density at radius 2 is 2.32 bits per heavy atom. The second kappa shape index (κ2) is 6.38. The van der Waals surface area contributed by atoms with E-state index in [1.165, 1.54) is 5.56 Å². The number of fused-ring (bicyclic) bond motifs is 1. The molecule has 1 aromatic carbocycles. The zero-order valence-electron chi connectivity index (χ0n) is 11.2. The number of hydrogen-bond donors (Lipinski definition) is 2. The summed E-state index contributed by atoms with van der Waals surface area (Å²) >= 11 is 0. The van der Waals surface area contributed by atoms with Crippen molar-refractivity contribution in [2.24, 2.45) is 0 Å². The molecule has 0 spiro atoms. The van der Waals surface area contributed by atoms with E-state index < -0.39 is 0 Å². The maximum absolute atomic E-state index is 12.0. The molecule has 1 heterocycles. The number of rotatable bonds is 6. The van der Waals surface area contributed by atoms with Crippen LogP contribution in [0.25, 0.3) is 0 Å². The Labute approximate surface area is 113 Å². The summed E-state index contributed by atoms with van der Waals surface area (Å²) in [5.74, 6) is 0.0233. The van der Waals surface area contributed by atoms with E-state index in [1.54, 1.807) is 0 Å². The molecule has 0 bridgehead atoms. The topological polar surface area (TPSA) is 50.4 Å². The molecule has 0 aliphatic carbocycles. The molecule has 0 aromatic heterocycles. The van der Waals surface area contributed by atoms with Gasteiger partial charge in [0.25, 0.3) is 0 Å². The summed E-state index contributed by atoms with van der Waals surface area (Å²) in [6, 6.07) is 7.84. The number of nitrogens with one attached hydrogen (secondary N) is 2. The first-order chi connectivity index (χ1) is 9.16. The number of hydrogen-bond acceptors (Lipinski definition) is 3. The predicted octanol–water partition coefficient (Wildman–Crippen LogP) is 1.73. The third kappa shape index (κ3) is 3.83. The van der Waals surface area contributed by atoms with Gasteiger partial charge >= 0.3 is 0 Å². The van der Waals surface area contributed by atoms with Gasteiger partial charge in [-0.05, 0) is 18.6 Å². The second-order valence-corrected chi connectivity index (χ2v) is 4.86. The summed E-state index contributed by atoms with van der Waals surface area (Å²) < 4.78 is 5.34. The number of anilines is 1. The standard InChI is InChI=1S/C15H20N2O2/c1-11(2)10-19-8-7-16-15(18)14-9-12-5-3-4-6-13(12)17-14/h3-6,14,17H,1,7-10H2,2H3,(H,16,18). The van der Waals surface area contributed by atoms with Gasteiger partial charge in [0.05, 0.1) is 13.2 Å². The van der Waals surface area contributed by atoms with Crippen LogP contribution in [0.15, 0.2) is 36.4 Å². The molecule has 2 N–H and O–H groups in total. The van der Waals surface area contributed by atoms with Crippen LogP contribution in [0.2, 0.25) is 0 Å². The maximum Gasteiger partial charge on any atom is 0.242 e. The Kier molecular flexibility index (Phi) is 4.58. The van der Waals surface area contributed by atoms with E-state index in [0.717, 1.165) is 17.7 Å². The quantitative estimate of drug-likeness (QED) is 0.605. The number of carbonyl (C=O) groups excluding carboxylic acids is 1. The molecule has 0 radical (unpaired) electrons. The summed E-state index contributed by atoms with van der Waals surface area (Å²) in [5.41, 5.74) is 3.24. The van der Waals surface area contributed by atoms with Crippen molar-refractivity contribution in [3.63, 3.8) is 0 Å². The highest BCUT2D eigenvalue weighted by Crippen LogP contribution is 2.24. The van der Waals surface area contributed by atoms with Crippen molar-refractivity contribution in [3.05, 3.63) is 42.0 Å². The molecule has 1 aromatic rings. The molecule has 1 atom stereocenters. The van der Waals surface area contributed by atoms with Gasteiger partial charge in [-0.25, -0.2) is 0 Å². The minimum atomic E-state index is -0.168. The van der Waals surface area contributed by atoms with Gasteiger partial charge in [-0.2, -0.15) is 0 Å². The zero-order valence-corrected chi connectivity index (χ0v) is 11.2. The first-order valence-electron chi connectivity index (χ1n) is 6.51. The third-order valence-electron chi connectivity index (χ3n) is 2.98. The van der Waals surface area contributed by atoms with Crippen LogP contribution < -0.4 is 10.6 Å². The SMILES string of the molecule is C=C(C)COCCNC(=O)C1Cc2ccccc2N1. The van der Waals surface area contributed by atoms with Gasteiger partial charge in [-0.15, -0.1) is 0 Å². The van der Waals surface area contributed by atoms with Crippen molar-refractivity contribution in [1.82, 2.24) is 5.32 Å². The Hall–Kier alpha value is -1.81. The number of carbonyl (C=O) groups is 1. The fourth-order valence-corrected chi connectivity index (χ4v) is 2.07. The van der Waals surface area contributed by atoms with Crippen molar-refractivity contribution >= 4 is 11.6 Å². The summed E-state index contributed by atoms with van der Waals surface area (Å²) in [7, 11) is 0. The van der Waals surface area contributed by atoms with Gasteiger partial charge in [0.15, 0.2) is 0 Å². The van der Waals surface area contributed by atoms with Crippen LogP contribution in [-0.4, -0.2) is 31.7 Å². The maximum atomic E-state index is 12.0. The molecule has 2 rings (SSSR count). The smallest absolute Gasteiger partial charge is 0.242 e. The number of amides is 1. The summed E-state index contributed by atoms with van der Waals surface area (Å²) in [6.07, 6.45) is 0.745. The largest absolute Gasteiger partial charge is 0.375 e. The lowest BCUT2D eigenvalue weighted by Gasteiger charge is -2.12. The van der Waals surface area contributed by atoms with Gasteiger partial charge in [0, 0.05) is 18.7 Å². The van der Waals surface area contributed by atoms with Crippen molar-refractivity contribution in [1.29, 1.82) is 0 Å². The van der Waals surface area contributed by atoms with Crippen molar-refractivity contribution in [3.8, 4) is 0 Å². The first kappa shape index (κ1) is 13.6. The van der Waals surface area contributed by atoms with Crippen molar-refractivity contribution < 1.29 is 9.53 Å². The molecule has 1 aliphatic rings. The van der Waals surface area contributed by atoms with E-state index in [2.05, 4.69) is 17.2 Å². The van der Waals surface area contributed by atoms with Crippen LogP contribution in [0.1, 0.15) is 12.5 Å². The fourth-order valence-electron chi connectivity index (χ4n) is 2.07. The average Bonchev–Trinajstić information content (AvgIpc) is 2.81. The summed E-state index contributed by atoms with van der Waals surface area (Å²) in [4.78, 5) is 12.0. The summed E-state index contributed by atoms with van der Waals surface area (Å²) in [6.45, 7) is 7.25. The van der Waals surface area contributed by atoms with Crippen molar-refractivity contribution in [2.75, 3.05) is 25.1 Å². The Morgan fingerprint density at radius 3 is 3.05 bits per heavy atom. The number of benzene rings is 1. The highest BCUT2D eigenvalue weighted by Gasteiger charge is 2.25. The van der Waals surface area contributed by atoms with Gasteiger partial charge in [0.1, 0.15) is 6.04 Å². The Bertz CT molecular complexity index is 446. The lowest BCUT2D eigenvalue weighted by molar-refractivity contribution is -0.121. The monoisotopic (exact) mass is 260 g/mol. The molecule has 1 aliphatic heterocycles. The zero-order chi connectivity index (χ0) is 13.7. The van der Waals surface area contributed by atoms with E-state index in [4.69, 9.17) is 4.74 Å². The van der Waals surface area contributed by atoms with Gasteiger partial charge in [0.2, 0.25) is 5.91 Å². The van der Waals surface area contributed by atoms with E-state index in [1.807, 2.05) is 31.2 Å². The predicted molar refractivity (Wildman–Crippen MR) is 76.2 cm³/mol. The molecule has 1 unspecified atom stereocenters. The van der Waals surface area contributed by atoms with Gasteiger partial charge in [-0.3, -0.25) is 4.79 Å². The van der Waals surface area contributed by atoms with E-state index >= 15 is 0 Å². The van der Waals surface area contributed by atoms with E-state index in [-0.39, 0.29) is 11.9 Å². The lowest BCUT2D eigenvalue weighted by atomic mass is 10.1. The molecule has 19 heavy (non-hydrogen) atoms. The molecular formula is C15H20N2O2. The van der Waals surface area contributed by atoms with Crippen LogP contribution in [-0.2, 0) is 16.0 Å². The highest BCUT2D eigenvalue weighted by atomic mass is 16.5. The Balaban J connectivity index is 1.70. The summed E-state index contributed by atoms with van der Waals surface area (Å²) in [5, 5.41) is 6.10. The normalized spacial score (nSPS) is 16.6. The Morgan fingerprint density at radius 1 is 1.53 bits per heavy atom. The van der Waals surface area contributed by atoms with Crippen LogP contribution in [0.4, 0.5) is 5.69 Å². The second-order valence-electron chi connectivity index (χ2n) is 4.86. The van der Waals surface area contributed by atoms with Gasteiger partial charge < -0.3 is 15.4 Å². The lowest BCUT2D eigenvalue weighted by Crippen LogP contribution is -2.39. The minimum Gasteiger partial charge on any atom is -0.375 e. The van der Waals surface area contributed by atoms with Gasteiger partial charge in [-0.1, -0.05) is 30.4 Å². The van der Waals surface area contributed by atoms with Crippen LogP contribution in [0.5, 0.6) is 0 Å². The van der Waals surface area contributed by atoms with Crippen molar-refractivity contribution in [2.45, 2.75) is 19.4 Å². The third-order valence-corrected chi connectivity index (χ3v) is 2.98. The molecule has 0 saturated heterocycles. The highest BCUT2D eigenvalue weighted by molar-refractivity contribution is 5.87.